The van der Waals surface area contributed by atoms with E-state index < -0.39 is 0 Å². The number of likely N-dealkylation sites (tertiary alicyclic amines) is 1. The van der Waals surface area contributed by atoms with Crippen LogP contribution in [0.4, 0.5) is 11.8 Å². The van der Waals surface area contributed by atoms with Crippen molar-refractivity contribution in [1.82, 2.24) is 14.9 Å². The van der Waals surface area contributed by atoms with E-state index in [1.54, 1.807) is 0 Å². The summed E-state index contributed by atoms with van der Waals surface area (Å²) in [6.45, 7) is 4.60. The standard InChI is InChI=1S/C20H31N5/c1-2-6-14-24(13-5-1)19-11-12-21-20(23-19)22-17-8-7-15-25(16-17)18-9-3-4-10-18/h3-4,11-12,17-18H,1-2,5-10,13-16H2,(H,21,22,23). The quantitative estimate of drug-likeness (QED) is 0.850. The summed E-state index contributed by atoms with van der Waals surface area (Å²) in [5, 5.41) is 3.62. The first kappa shape index (κ1) is 16.8. The zero-order valence-corrected chi connectivity index (χ0v) is 15.2. The Hall–Kier alpha value is -1.62. The molecule has 2 saturated heterocycles. The Morgan fingerprint density at radius 1 is 0.960 bits per heavy atom. The van der Waals surface area contributed by atoms with Gasteiger partial charge in [-0.2, -0.15) is 4.98 Å². The summed E-state index contributed by atoms with van der Waals surface area (Å²) < 4.78 is 0. The van der Waals surface area contributed by atoms with Gasteiger partial charge in [0.2, 0.25) is 5.95 Å². The van der Waals surface area contributed by atoms with Crippen LogP contribution in [-0.4, -0.2) is 53.1 Å². The monoisotopic (exact) mass is 341 g/mol. The highest BCUT2D eigenvalue weighted by Gasteiger charge is 2.26. The molecule has 1 unspecified atom stereocenters. The summed E-state index contributed by atoms with van der Waals surface area (Å²) in [5.41, 5.74) is 0. The lowest BCUT2D eigenvalue weighted by atomic mass is 10.0. The maximum atomic E-state index is 4.83. The molecule has 2 fully saturated rings. The number of rotatable bonds is 4. The predicted molar refractivity (Wildman–Crippen MR) is 103 cm³/mol. The lowest BCUT2D eigenvalue weighted by Gasteiger charge is -2.37. The van der Waals surface area contributed by atoms with Crippen molar-refractivity contribution in [2.24, 2.45) is 0 Å². The first-order chi connectivity index (χ1) is 12.4. The van der Waals surface area contributed by atoms with Crippen LogP contribution in [-0.2, 0) is 0 Å². The lowest BCUT2D eigenvalue weighted by molar-refractivity contribution is 0.160. The second-order valence-electron chi connectivity index (χ2n) is 7.71. The summed E-state index contributed by atoms with van der Waals surface area (Å²) >= 11 is 0. The molecule has 25 heavy (non-hydrogen) atoms. The van der Waals surface area contributed by atoms with Crippen molar-refractivity contribution in [3.8, 4) is 0 Å². The third kappa shape index (κ3) is 4.32. The van der Waals surface area contributed by atoms with Crippen molar-refractivity contribution in [2.75, 3.05) is 36.4 Å². The second-order valence-corrected chi connectivity index (χ2v) is 7.71. The van der Waals surface area contributed by atoms with Gasteiger partial charge in [-0.1, -0.05) is 25.0 Å². The van der Waals surface area contributed by atoms with Crippen molar-refractivity contribution < 1.29 is 0 Å². The molecule has 0 aromatic carbocycles. The molecule has 5 heteroatoms. The molecule has 0 amide bonds. The molecule has 2 aliphatic heterocycles. The Labute approximate surface area is 151 Å². The SMILES string of the molecule is C1=CCC(N2CCCC(Nc3nccc(N4CCCCCC4)n3)C2)C1. The number of piperidine rings is 1. The minimum absolute atomic E-state index is 0.466. The van der Waals surface area contributed by atoms with Gasteiger partial charge in [-0.25, -0.2) is 4.98 Å². The number of anilines is 2. The molecule has 1 aliphatic carbocycles. The minimum atomic E-state index is 0.466. The molecule has 0 spiro atoms. The molecule has 5 nitrogen and oxygen atoms in total. The summed E-state index contributed by atoms with van der Waals surface area (Å²) in [6.07, 6.45) is 16.7. The average Bonchev–Trinajstić information content (AvgIpc) is 3.05. The van der Waals surface area contributed by atoms with Crippen LogP contribution in [0.3, 0.4) is 0 Å². The highest BCUT2D eigenvalue weighted by Crippen LogP contribution is 2.23. The van der Waals surface area contributed by atoms with Gasteiger partial charge in [-0.15, -0.1) is 0 Å². The summed E-state index contributed by atoms with van der Waals surface area (Å²) in [6, 6.07) is 3.25. The average molecular weight is 342 g/mol. The van der Waals surface area contributed by atoms with Crippen molar-refractivity contribution in [3.63, 3.8) is 0 Å². The first-order valence-corrected chi connectivity index (χ1v) is 10.1. The zero-order valence-electron chi connectivity index (χ0n) is 15.2. The van der Waals surface area contributed by atoms with Crippen molar-refractivity contribution in [1.29, 1.82) is 0 Å². The highest BCUT2D eigenvalue weighted by atomic mass is 15.2. The summed E-state index contributed by atoms with van der Waals surface area (Å²) in [7, 11) is 0. The Morgan fingerprint density at radius 3 is 2.56 bits per heavy atom. The molecule has 1 N–H and O–H groups in total. The minimum Gasteiger partial charge on any atom is -0.356 e. The molecule has 136 valence electrons. The van der Waals surface area contributed by atoms with Gasteiger partial charge in [0.15, 0.2) is 0 Å². The number of aromatic nitrogens is 2. The van der Waals surface area contributed by atoms with Gasteiger partial charge >= 0.3 is 0 Å². The third-order valence-corrected chi connectivity index (χ3v) is 5.86. The van der Waals surface area contributed by atoms with Gasteiger partial charge < -0.3 is 10.2 Å². The molecule has 0 saturated carbocycles. The molecule has 0 bridgehead atoms. The largest absolute Gasteiger partial charge is 0.356 e. The van der Waals surface area contributed by atoms with Gasteiger partial charge in [0.1, 0.15) is 5.82 Å². The second kappa shape index (κ2) is 8.17. The molecule has 3 heterocycles. The van der Waals surface area contributed by atoms with Crippen LogP contribution in [0, 0.1) is 0 Å². The lowest BCUT2D eigenvalue weighted by Crippen LogP contribution is -2.46. The van der Waals surface area contributed by atoms with Gasteiger partial charge in [-0.3, -0.25) is 4.90 Å². The summed E-state index contributed by atoms with van der Waals surface area (Å²) in [4.78, 5) is 14.4. The number of hydrogen-bond donors (Lipinski definition) is 1. The molecule has 3 aliphatic rings. The van der Waals surface area contributed by atoms with E-state index in [0.29, 0.717) is 12.1 Å². The maximum absolute atomic E-state index is 4.83. The van der Waals surface area contributed by atoms with Gasteiger partial charge in [0, 0.05) is 37.9 Å². The molecule has 1 aromatic rings. The van der Waals surface area contributed by atoms with Crippen molar-refractivity contribution in [2.45, 2.75) is 63.5 Å². The van der Waals surface area contributed by atoms with E-state index in [2.05, 4.69) is 38.3 Å². The van der Waals surface area contributed by atoms with E-state index in [1.165, 1.54) is 57.9 Å². The normalized spacial score (nSPS) is 25.9. The van der Waals surface area contributed by atoms with E-state index in [4.69, 9.17) is 4.98 Å². The van der Waals surface area contributed by atoms with Gasteiger partial charge in [0.05, 0.1) is 0 Å². The number of nitrogens with zero attached hydrogens (tertiary/aromatic N) is 4. The van der Waals surface area contributed by atoms with E-state index in [9.17, 15) is 0 Å². The van der Waals surface area contributed by atoms with E-state index >= 15 is 0 Å². The van der Waals surface area contributed by atoms with Crippen LogP contribution in [0.2, 0.25) is 0 Å². The van der Waals surface area contributed by atoms with Gasteiger partial charge in [-0.05, 0) is 51.1 Å². The van der Waals surface area contributed by atoms with Crippen LogP contribution >= 0.6 is 0 Å². The molecular weight excluding hydrogens is 310 g/mol. The maximum Gasteiger partial charge on any atom is 0.224 e. The zero-order chi connectivity index (χ0) is 16.9. The van der Waals surface area contributed by atoms with Gasteiger partial charge in [0.25, 0.3) is 0 Å². The topological polar surface area (TPSA) is 44.3 Å². The predicted octanol–water partition coefficient (Wildman–Crippen LogP) is 3.45. The molecule has 0 radical (unpaired) electrons. The fourth-order valence-corrected chi connectivity index (χ4v) is 4.43. The summed E-state index contributed by atoms with van der Waals surface area (Å²) in [5.74, 6) is 1.89. The number of hydrogen-bond acceptors (Lipinski definition) is 5. The Balaban J connectivity index is 1.37. The number of nitrogens with one attached hydrogen (secondary N) is 1. The van der Waals surface area contributed by atoms with Crippen LogP contribution in [0.15, 0.2) is 24.4 Å². The van der Waals surface area contributed by atoms with Crippen LogP contribution in [0.25, 0.3) is 0 Å². The van der Waals surface area contributed by atoms with Crippen LogP contribution < -0.4 is 10.2 Å². The fraction of sp³-hybridized carbons (Fsp3) is 0.700. The molecule has 1 aromatic heterocycles. The molecular formula is C20H31N5. The Morgan fingerprint density at radius 2 is 1.76 bits per heavy atom. The van der Waals surface area contributed by atoms with Crippen LogP contribution in [0.5, 0.6) is 0 Å². The van der Waals surface area contributed by atoms with Crippen molar-refractivity contribution >= 4 is 11.8 Å². The smallest absolute Gasteiger partial charge is 0.224 e. The highest BCUT2D eigenvalue weighted by molar-refractivity contribution is 5.43. The molecule has 4 rings (SSSR count). The van der Waals surface area contributed by atoms with E-state index in [0.717, 1.165) is 31.4 Å². The Kier molecular flexibility index (Phi) is 5.50. The van der Waals surface area contributed by atoms with E-state index in [1.807, 2.05) is 6.20 Å². The third-order valence-electron chi connectivity index (χ3n) is 5.86. The molecule has 1 atom stereocenters. The van der Waals surface area contributed by atoms with Crippen LogP contribution in [0.1, 0.15) is 51.4 Å². The fourth-order valence-electron chi connectivity index (χ4n) is 4.43. The Bertz CT molecular complexity index is 571. The van der Waals surface area contributed by atoms with Crippen molar-refractivity contribution in [3.05, 3.63) is 24.4 Å². The first-order valence-electron chi connectivity index (χ1n) is 10.1. The van der Waals surface area contributed by atoms with E-state index in [-0.39, 0.29) is 0 Å².